The number of carbonyl (C=O) groups is 1. The number of nitrogens with one attached hydrogen (secondary N) is 1. The van der Waals surface area contributed by atoms with Crippen molar-refractivity contribution in [2.24, 2.45) is 5.73 Å². The number of amides is 1. The molecule has 0 aromatic carbocycles. The van der Waals surface area contributed by atoms with Gasteiger partial charge in [0.05, 0.1) is 0 Å². The van der Waals surface area contributed by atoms with Crippen LogP contribution in [-0.2, 0) is 4.79 Å². The second-order valence-corrected chi connectivity index (χ2v) is 5.74. The molecule has 3 nitrogen and oxygen atoms in total. The van der Waals surface area contributed by atoms with Crippen molar-refractivity contribution in [3.63, 3.8) is 0 Å². The van der Waals surface area contributed by atoms with Crippen LogP contribution in [0.1, 0.15) is 58.3 Å². The number of carbonyl (C=O) groups excluding carboxylic acids is 1. The van der Waals surface area contributed by atoms with E-state index >= 15 is 0 Å². The number of hydrogen-bond donors (Lipinski definition) is 2. The van der Waals surface area contributed by atoms with E-state index in [9.17, 15) is 4.79 Å². The molecule has 3 heteroatoms. The van der Waals surface area contributed by atoms with E-state index < -0.39 is 0 Å². The van der Waals surface area contributed by atoms with Gasteiger partial charge in [-0.25, -0.2) is 0 Å². The van der Waals surface area contributed by atoms with Gasteiger partial charge in [0.25, 0.3) is 0 Å². The predicted octanol–water partition coefficient (Wildman–Crippen LogP) is 4.98. The van der Waals surface area contributed by atoms with Gasteiger partial charge in [0.1, 0.15) is 0 Å². The van der Waals surface area contributed by atoms with Crippen molar-refractivity contribution in [1.82, 2.24) is 5.32 Å². The molecule has 25 heavy (non-hydrogen) atoms. The molecule has 0 aliphatic rings. The largest absolute Gasteiger partial charge is 0.355 e. The van der Waals surface area contributed by atoms with Crippen LogP contribution >= 0.6 is 0 Å². The average Bonchev–Trinajstić information content (AvgIpc) is 2.62. The molecule has 0 aromatic heterocycles. The molecule has 0 fully saturated rings. The molecule has 1 amide bonds. The highest BCUT2D eigenvalue weighted by Crippen LogP contribution is 1.99. The Bertz CT molecular complexity index is 445. The van der Waals surface area contributed by atoms with Gasteiger partial charge in [-0.3, -0.25) is 4.79 Å². The van der Waals surface area contributed by atoms with Gasteiger partial charge in [-0.2, -0.15) is 0 Å². The predicted molar refractivity (Wildman–Crippen MR) is 110 cm³/mol. The number of hydrogen-bond acceptors (Lipinski definition) is 2. The third-order valence-electron chi connectivity index (χ3n) is 3.40. The Morgan fingerprint density at radius 2 is 1.28 bits per heavy atom. The fraction of sp³-hybridized carbons (Fsp3) is 0.500. The fourth-order valence-electron chi connectivity index (χ4n) is 2.05. The summed E-state index contributed by atoms with van der Waals surface area (Å²) in [5, 5.41) is 2.77. The van der Waals surface area contributed by atoms with Crippen LogP contribution in [0.25, 0.3) is 0 Å². The standard InChI is InChI=1S/C22H36N2O/c1-2-3-4-5-6-7-8-9-10-11-12-13-14-15-16-17-18-19-22(25)24-21-20-23/h3-4,6-7,9-10,12-13,15-16H,2,5,8,11,14,17-21,23H2,1H3,(H,24,25)/b4-3+,7-6+,10-9+,13-12+,16-15+. The molecule has 0 rings (SSSR count). The minimum Gasteiger partial charge on any atom is -0.355 e. The zero-order valence-electron chi connectivity index (χ0n) is 15.8. The molecule has 0 atom stereocenters. The summed E-state index contributed by atoms with van der Waals surface area (Å²) in [5.41, 5.74) is 5.33. The third kappa shape index (κ3) is 20.1. The lowest BCUT2D eigenvalue weighted by Gasteiger charge is -2.01. The molecule has 0 heterocycles. The zero-order chi connectivity index (χ0) is 18.4. The molecule has 140 valence electrons. The van der Waals surface area contributed by atoms with E-state index in [-0.39, 0.29) is 5.91 Å². The molecule has 0 aromatic rings. The van der Waals surface area contributed by atoms with Crippen molar-refractivity contribution in [3.8, 4) is 0 Å². The molecule has 0 unspecified atom stereocenters. The summed E-state index contributed by atoms with van der Waals surface area (Å²) in [5.74, 6) is 0.0952. The summed E-state index contributed by atoms with van der Waals surface area (Å²) >= 11 is 0. The summed E-state index contributed by atoms with van der Waals surface area (Å²) in [4.78, 5) is 11.3. The number of unbranched alkanes of at least 4 members (excludes halogenated alkanes) is 1. The van der Waals surface area contributed by atoms with Crippen LogP contribution in [-0.4, -0.2) is 19.0 Å². The maximum atomic E-state index is 11.3. The molecule has 0 bridgehead atoms. The maximum absolute atomic E-state index is 11.3. The van der Waals surface area contributed by atoms with Crippen LogP contribution < -0.4 is 11.1 Å². The van der Waals surface area contributed by atoms with E-state index in [1.54, 1.807) is 0 Å². The molecule has 0 spiro atoms. The number of allylic oxidation sites excluding steroid dienone is 10. The minimum absolute atomic E-state index is 0.0952. The summed E-state index contributed by atoms with van der Waals surface area (Å²) in [7, 11) is 0. The Balaban J connectivity index is 3.49. The topological polar surface area (TPSA) is 55.1 Å². The van der Waals surface area contributed by atoms with Gasteiger partial charge in [-0.15, -0.1) is 0 Å². The van der Waals surface area contributed by atoms with Crippen molar-refractivity contribution in [2.45, 2.75) is 58.3 Å². The van der Waals surface area contributed by atoms with Crippen LogP contribution in [0.4, 0.5) is 0 Å². The van der Waals surface area contributed by atoms with Gasteiger partial charge in [0.15, 0.2) is 0 Å². The first-order valence-corrected chi connectivity index (χ1v) is 9.53. The molecule has 0 aliphatic carbocycles. The highest BCUT2D eigenvalue weighted by atomic mass is 16.1. The Labute approximate surface area is 154 Å². The van der Waals surface area contributed by atoms with Crippen LogP contribution in [0.3, 0.4) is 0 Å². The monoisotopic (exact) mass is 344 g/mol. The molecular formula is C22H36N2O. The van der Waals surface area contributed by atoms with E-state index in [2.05, 4.69) is 73.0 Å². The maximum Gasteiger partial charge on any atom is 0.220 e. The lowest BCUT2D eigenvalue weighted by Crippen LogP contribution is -2.28. The second kappa shape index (κ2) is 20.2. The Morgan fingerprint density at radius 3 is 1.76 bits per heavy atom. The Hall–Kier alpha value is -1.87. The molecule has 0 aliphatic heterocycles. The highest BCUT2D eigenvalue weighted by molar-refractivity contribution is 5.75. The van der Waals surface area contributed by atoms with Crippen LogP contribution in [0.2, 0.25) is 0 Å². The van der Waals surface area contributed by atoms with Crippen molar-refractivity contribution in [3.05, 3.63) is 60.8 Å². The van der Waals surface area contributed by atoms with Gasteiger partial charge < -0.3 is 11.1 Å². The van der Waals surface area contributed by atoms with Crippen molar-refractivity contribution in [1.29, 1.82) is 0 Å². The van der Waals surface area contributed by atoms with E-state index in [0.29, 0.717) is 19.5 Å². The smallest absolute Gasteiger partial charge is 0.220 e. The van der Waals surface area contributed by atoms with Crippen LogP contribution in [0.5, 0.6) is 0 Å². The molecule has 0 radical (unpaired) electrons. The van der Waals surface area contributed by atoms with E-state index in [0.717, 1.165) is 44.9 Å². The molecular weight excluding hydrogens is 308 g/mol. The van der Waals surface area contributed by atoms with E-state index in [4.69, 9.17) is 5.73 Å². The average molecular weight is 345 g/mol. The van der Waals surface area contributed by atoms with Gasteiger partial charge >= 0.3 is 0 Å². The third-order valence-corrected chi connectivity index (χ3v) is 3.40. The van der Waals surface area contributed by atoms with Gasteiger partial charge in [-0.05, 0) is 44.9 Å². The zero-order valence-corrected chi connectivity index (χ0v) is 15.8. The Morgan fingerprint density at radius 1 is 0.800 bits per heavy atom. The lowest BCUT2D eigenvalue weighted by molar-refractivity contribution is -0.121. The fourth-order valence-corrected chi connectivity index (χ4v) is 2.05. The molecule has 0 saturated carbocycles. The first-order valence-electron chi connectivity index (χ1n) is 9.53. The highest BCUT2D eigenvalue weighted by Gasteiger charge is 1.97. The lowest BCUT2D eigenvalue weighted by atomic mass is 10.2. The van der Waals surface area contributed by atoms with Crippen molar-refractivity contribution < 1.29 is 4.79 Å². The van der Waals surface area contributed by atoms with E-state index in [1.165, 1.54) is 0 Å². The second-order valence-electron chi connectivity index (χ2n) is 5.74. The molecule has 0 saturated heterocycles. The summed E-state index contributed by atoms with van der Waals surface area (Å²) in [6.45, 7) is 3.22. The van der Waals surface area contributed by atoms with Crippen molar-refractivity contribution in [2.75, 3.05) is 13.1 Å². The number of rotatable bonds is 15. The van der Waals surface area contributed by atoms with Gasteiger partial charge in [0.2, 0.25) is 5.91 Å². The normalized spacial score (nSPS) is 12.6. The van der Waals surface area contributed by atoms with Crippen LogP contribution in [0.15, 0.2) is 60.8 Å². The SMILES string of the molecule is CC/C=C/C/C=C/C/C=C/C/C=C/C/C=C/CCCC(=O)NCCN. The van der Waals surface area contributed by atoms with E-state index in [1.807, 2.05) is 0 Å². The van der Waals surface area contributed by atoms with Crippen LogP contribution in [0, 0.1) is 0 Å². The Kier molecular flexibility index (Phi) is 18.7. The minimum atomic E-state index is 0.0952. The first-order chi connectivity index (χ1) is 12.3. The summed E-state index contributed by atoms with van der Waals surface area (Å²) in [6, 6.07) is 0. The van der Waals surface area contributed by atoms with Gasteiger partial charge in [0, 0.05) is 19.5 Å². The van der Waals surface area contributed by atoms with Gasteiger partial charge in [-0.1, -0.05) is 67.7 Å². The molecule has 3 N–H and O–H groups in total. The van der Waals surface area contributed by atoms with Crippen molar-refractivity contribution >= 4 is 5.91 Å². The number of nitrogens with two attached hydrogens (primary N) is 1. The quantitative estimate of drug-likeness (QED) is 0.325. The summed E-state index contributed by atoms with van der Waals surface area (Å²) < 4.78 is 0. The summed E-state index contributed by atoms with van der Waals surface area (Å²) in [6.07, 6.45) is 29.4. The first kappa shape index (κ1) is 23.1.